The lowest BCUT2D eigenvalue weighted by molar-refractivity contribution is 0.0942. The van der Waals surface area contributed by atoms with Crippen LogP contribution in [0.1, 0.15) is 27.3 Å². The van der Waals surface area contributed by atoms with Gasteiger partial charge in [-0.15, -0.1) is 0 Å². The number of aryl methyl sites for hydroxylation is 3. The number of rotatable bonds is 3. The second-order valence-electron chi connectivity index (χ2n) is 4.46. The number of anilines is 1. The highest BCUT2D eigenvalue weighted by molar-refractivity contribution is 5.97. The summed E-state index contributed by atoms with van der Waals surface area (Å²) in [6, 6.07) is 1.91. The molecule has 0 aromatic carbocycles. The monoisotopic (exact) mass is 259 g/mol. The quantitative estimate of drug-likeness (QED) is 0.859. The minimum absolute atomic E-state index is 0.233. The largest absolute Gasteiger partial charge is 0.395 e. The molecule has 0 bridgehead atoms. The van der Waals surface area contributed by atoms with Crippen molar-refractivity contribution in [2.75, 3.05) is 5.73 Å². The van der Waals surface area contributed by atoms with E-state index < -0.39 is 0 Å². The standard InChI is InChI=1S/C13H17N5O/c1-8-4-5-15-6-10(8)7-16-13(19)12-11(14)9(2)17-18(12)3/h4-6H,7,14H2,1-3H3,(H,16,19). The molecule has 0 aliphatic carbocycles. The van der Waals surface area contributed by atoms with E-state index in [0.29, 0.717) is 23.6 Å². The Bertz CT molecular complexity index is 617. The lowest BCUT2D eigenvalue weighted by atomic mass is 10.1. The van der Waals surface area contributed by atoms with Crippen molar-refractivity contribution >= 4 is 11.6 Å². The van der Waals surface area contributed by atoms with E-state index in [1.54, 1.807) is 26.4 Å². The average molecular weight is 259 g/mol. The molecule has 1 amide bonds. The van der Waals surface area contributed by atoms with Crippen molar-refractivity contribution in [2.24, 2.45) is 7.05 Å². The second-order valence-corrected chi connectivity index (χ2v) is 4.46. The molecule has 0 atom stereocenters. The third-order valence-corrected chi connectivity index (χ3v) is 3.07. The van der Waals surface area contributed by atoms with Gasteiger partial charge in [-0.1, -0.05) is 0 Å². The fourth-order valence-electron chi connectivity index (χ4n) is 1.88. The summed E-state index contributed by atoms with van der Waals surface area (Å²) in [6.45, 7) is 4.17. The van der Waals surface area contributed by atoms with Crippen molar-refractivity contribution in [3.8, 4) is 0 Å². The van der Waals surface area contributed by atoms with Crippen LogP contribution in [0.4, 0.5) is 5.69 Å². The van der Waals surface area contributed by atoms with Gasteiger partial charge < -0.3 is 11.1 Å². The molecular weight excluding hydrogens is 242 g/mol. The minimum Gasteiger partial charge on any atom is -0.395 e. The number of nitrogens with zero attached hydrogens (tertiary/aromatic N) is 3. The van der Waals surface area contributed by atoms with E-state index in [0.717, 1.165) is 11.1 Å². The van der Waals surface area contributed by atoms with Gasteiger partial charge in [0.15, 0.2) is 0 Å². The Morgan fingerprint density at radius 1 is 1.47 bits per heavy atom. The summed E-state index contributed by atoms with van der Waals surface area (Å²) in [7, 11) is 1.70. The molecule has 0 radical (unpaired) electrons. The van der Waals surface area contributed by atoms with Gasteiger partial charge in [-0.05, 0) is 31.0 Å². The van der Waals surface area contributed by atoms with Crippen LogP contribution >= 0.6 is 0 Å². The van der Waals surface area contributed by atoms with Gasteiger partial charge in [0.2, 0.25) is 0 Å². The summed E-state index contributed by atoms with van der Waals surface area (Å²) >= 11 is 0. The van der Waals surface area contributed by atoms with Crippen molar-refractivity contribution in [1.82, 2.24) is 20.1 Å². The number of carbonyl (C=O) groups excluding carboxylic acids is 1. The van der Waals surface area contributed by atoms with Crippen LogP contribution in [0.25, 0.3) is 0 Å². The van der Waals surface area contributed by atoms with Crippen molar-refractivity contribution in [2.45, 2.75) is 20.4 Å². The Hall–Kier alpha value is -2.37. The smallest absolute Gasteiger partial charge is 0.271 e. The lowest BCUT2D eigenvalue weighted by Crippen LogP contribution is -2.26. The van der Waals surface area contributed by atoms with Crippen LogP contribution in [0.15, 0.2) is 18.5 Å². The molecule has 0 aliphatic rings. The number of nitrogens with one attached hydrogen (secondary N) is 1. The number of carbonyl (C=O) groups is 1. The minimum atomic E-state index is -0.233. The highest BCUT2D eigenvalue weighted by atomic mass is 16.2. The predicted octanol–water partition coefficient (Wildman–Crippen LogP) is 0.944. The molecule has 2 rings (SSSR count). The first-order valence-corrected chi connectivity index (χ1v) is 5.97. The number of nitrogen functional groups attached to an aromatic ring is 1. The van der Waals surface area contributed by atoms with Gasteiger partial charge in [-0.2, -0.15) is 5.10 Å². The maximum absolute atomic E-state index is 12.1. The van der Waals surface area contributed by atoms with E-state index in [9.17, 15) is 4.79 Å². The van der Waals surface area contributed by atoms with Crippen molar-refractivity contribution in [3.05, 3.63) is 41.0 Å². The number of hydrogen-bond acceptors (Lipinski definition) is 4. The van der Waals surface area contributed by atoms with E-state index in [1.807, 2.05) is 13.0 Å². The van der Waals surface area contributed by atoms with Gasteiger partial charge in [-0.3, -0.25) is 14.5 Å². The first-order valence-electron chi connectivity index (χ1n) is 5.97. The number of pyridine rings is 1. The Kier molecular flexibility index (Phi) is 3.50. The predicted molar refractivity (Wildman–Crippen MR) is 72.5 cm³/mol. The van der Waals surface area contributed by atoms with Gasteiger partial charge in [-0.25, -0.2) is 0 Å². The fourth-order valence-corrected chi connectivity index (χ4v) is 1.88. The topological polar surface area (TPSA) is 85.8 Å². The molecule has 0 saturated carbocycles. The molecule has 2 heterocycles. The number of nitrogens with two attached hydrogens (primary N) is 1. The van der Waals surface area contributed by atoms with Crippen LogP contribution in [-0.2, 0) is 13.6 Å². The third kappa shape index (κ3) is 2.57. The Balaban J connectivity index is 2.12. The molecule has 6 nitrogen and oxygen atoms in total. The molecule has 0 aliphatic heterocycles. The molecule has 3 N–H and O–H groups in total. The normalized spacial score (nSPS) is 10.5. The third-order valence-electron chi connectivity index (χ3n) is 3.07. The molecule has 0 spiro atoms. The Labute approximate surface area is 111 Å². The van der Waals surface area contributed by atoms with Crippen LogP contribution in [-0.4, -0.2) is 20.7 Å². The molecule has 2 aromatic rings. The van der Waals surface area contributed by atoms with Crippen LogP contribution in [0.3, 0.4) is 0 Å². The summed E-state index contributed by atoms with van der Waals surface area (Å²) in [5.74, 6) is -0.233. The lowest BCUT2D eigenvalue weighted by Gasteiger charge is -2.08. The number of hydrogen-bond donors (Lipinski definition) is 2. The summed E-state index contributed by atoms with van der Waals surface area (Å²) in [4.78, 5) is 16.2. The Morgan fingerprint density at radius 3 is 2.79 bits per heavy atom. The average Bonchev–Trinajstić information content (AvgIpc) is 2.62. The first-order chi connectivity index (χ1) is 9.00. The molecule has 0 saturated heterocycles. The molecule has 0 unspecified atom stereocenters. The molecule has 6 heteroatoms. The zero-order chi connectivity index (χ0) is 14.0. The highest BCUT2D eigenvalue weighted by Crippen LogP contribution is 2.15. The van der Waals surface area contributed by atoms with E-state index in [1.165, 1.54) is 4.68 Å². The fraction of sp³-hybridized carbons (Fsp3) is 0.308. The highest BCUT2D eigenvalue weighted by Gasteiger charge is 2.17. The van der Waals surface area contributed by atoms with Gasteiger partial charge in [0, 0.05) is 26.0 Å². The first kappa shape index (κ1) is 13.1. The number of aromatic nitrogens is 3. The van der Waals surface area contributed by atoms with Gasteiger partial charge in [0.05, 0.1) is 11.4 Å². The van der Waals surface area contributed by atoms with E-state index in [4.69, 9.17) is 5.73 Å². The zero-order valence-corrected chi connectivity index (χ0v) is 11.3. The molecule has 19 heavy (non-hydrogen) atoms. The van der Waals surface area contributed by atoms with Crippen LogP contribution in [0, 0.1) is 13.8 Å². The maximum Gasteiger partial charge on any atom is 0.271 e. The summed E-state index contributed by atoms with van der Waals surface area (Å²) in [5, 5.41) is 6.95. The SMILES string of the molecule is Cc1ccncc1CNC(=O)c1c(N)c(C)nn1C. The molecule has 100 valence electrons. The van der Waals surface area contributed by atoms with Gasteiger partial charge in [0.1, 0.15) is 5.69 Å². The molecule has 2 aromatic heterocycles. The second kappa shape index (κ2) is 5.09. The van der Waals surface area contributed by atoms with Crippen LogP contribution in [0.5, 0.6) is 0 Å². The summed E-state index contributed by atoms with van der Waals surface area (Å²) in [5.41, 5.74) is 9.38. The van der Waals surface area contributed by atoms with Gasteiger partial charge >= 0.3 is 0 Å². The summed E-state index contributed by atoms with van der Waals surface area (Å²) < 4.78 is 1.50. The molecular formula is C13H17N5O. The maximum atomic E-state index is 12.1. The number of amides is 1. The van der Waals surface area contributed by atoms with Crippen LogP contribution < -0.4 is 11.1 Å². The van der Waals surface area contributed by atoms with E-state index in [-0.39, 0.29) is 5.91 Å². The Morgan fingerprint density at radius 2 is 2.21 bits per heavy atom. The van der Waals surface area contributed by atoms with E-state index >= 15 is 0 Å². The van der Waals surface area contributed by atoms with Crippen molar-refractivity contribution in [1.29, 1.82) is 0 Å². The van der Waals surface area contributed by atoms with Crippen molar-refractivity contribution < 1.29 is 4.79 Å². The van der Waals surface area contributed by atoms with Crippen molar-refractivity contribution in [3.63, 3.8) is 0 Å². The van der Waals surface area contributed by atoms with Crippen LogP contribution in [0.2, 0.25) is 0 Å². The zero-order valence-electron chi connectivity index (χ0n) is 11.3. The van der Waals surface area contributed by atoms with Gasteiger partial charge in [0.25, 0.3) is 5.91 Å². The molecule has 0 fully saturated rings. The van der Waals surface area contributed by atoms with E-state index in [2.05, 4.69) is 15.4 Å². The summed E-state index contributed by atoms with van der Waals surface area (Å²) in [6.07, 6.45) is 3.47.